The molecule has 2 fully saturated rings. The monoisotopic (exact) mass is 359 g/mol. The molecule has 3 rings (SSSR count). The molecule has 0 unspecified atom stereocenters. The molecule has 0 N–H and O–H groups in total. The van der Waals surface area contributed by atoms with Gasteiger partial charge in [0.1, 0.15) is 5.82 Å². The quantitative estimate of drug-likeness (QED) is 0.828. The molecule has 1 atom stereocenters. The average molecular weight is 361 g/mol. The van der Waals surface area contributed by atoms with Crippen LogP contribution in [0.15, 0.2) is 16.7 Å². The van der Waals surface area contributed by atoms with Gasteiger partial charge in [0.2, 0.25) is 0 Å². The molecule has 0 aromatic carbocycles. The SMILES string of the molecule is Clc1cnc(N2CC[C@H](CN3CCOCC3)C2)c(Br)c1. The Morgan fingerprint density at radius 1 is 1.35 bits per heavy atom. The summed E-state index contributed by atoms with van der Waals surface area (Å²) < 4.78 is 6.38. The zero-order valence-corrected chi connectivity index (χ0v) is 13.7. The fraction of sp³-hybridized carbons (Fsp3) is 0.643. The van der Waals surface area contributed by atoms with E-state index in [1.807, 2.05) is 6.07 Å². The molecule has 0 bridgehead atoms. The van der Waals surface area contributed by atoms with Gasteiger partial charge in [-0.05, 0) is 34.3 Å². The smallest absolute Gasteiger partial charge is 0.142 e. The summed E-state index contributed by atoms with van der Waals surface area (Å²) in [6.45, 7) is 7.21. The number of anilines is 1. The van der Waals surface area contributed by atoms with Gasteiger partial charge in [0.25, 0.3) is 0 Å². The summed E-state index contributed by atoms with van der Waals surface area (Å²) in [5.74, 6) is 1.73. The van der Waals surface area contributed by atoms with Gasteiger partial charge >= 0.3 is 0 Å². The molecule has 1 aromatic heterocycles. The molecule has 20 heavy (non-hydrogen) atoms. The predicted molar refractivity (Wildman–Crippen MR) is 84.5 cm³/mol. The second-order valence-corrected chi connectivity index (χ2v) is 6.76. The van der Waals surface area contributed by atoms with E-state index >= 15 is 0 Å². The molecule has 4 nitrogen and oxygen atoms in total. The summed E-state index contributed by atoms with van der Waals surface area (Å²) in [4.78, 5) is 9.32. The molecule has 2 aliphatic heterocycles. The minimum absolute atomic E-state index is 0.671. The first-order chi connectivity index (χ1) is 9.72. The number of ether oxygens (including phenoxy) is 1. The minimum atomic E-state index is 0.671. The maximum Gasteiger partial charge on any atom is 0.142 e. The summed E-state index contributed by atoms with van der Waals surface area (Å²) in [5, 5.41) is 0.671. The van der Waals surface area contributed by atoms with Crippen molar-refractivity contribution in [3.05, 3.63) is 21.8 Å². The van der Waals surface area contributed by atoms with Crippen LogP contribution in [-0.2, 0) is 4.74 Å². The van der Waals surface area contributed by atoms with Crippen molar-refractivity contribution in [1.82, 2.24) is 9.88 Å². The Morgan fingerprint density at radius 3 is 2.90 bits per heavy atom. The Kier molecular flexibility index (Phi) is 4.81. The lowest BCUT2D eigenvalue weighted by Gasteiger charge is -2.29. The van der Waals surface area contributed by atoms with Crippen molar-refractivity contribution >= 4 is 33.3 Å². The number of halogens is 2. The maximum atomic E-state index is 5.95. The highest BCUT2D eigenvalue weighted by atomic mass is 79.9. The third kappa shape index (κ3) is 3.45. The topological polar surface area (TPSA) is 28.6 Å². The first-order valence-electron chi connectivity index (χ1n) is 7.08. The summed E-state index contributed by atoms with van der Waals surface area (Å²) in [7, 11) is 0. The molecule has 0 amide bonds. The van der Waals surface area contributed by atoms with E-state index < -0.39 is 0 Å². The number of rotatable bonds is 3. The van der Waals surface area contributed by atoms with Crippen LogP contribution in [0.1, 0.15) is 6.42 Å². The van der Waals surface area contributed by atoms with Crippen LogP contribution in [0.4, 0.5) is 5.82 Å². The summed E-state index contributed by atoms with van der Waals surface area (Å²) >= 11 is 9.51. The van der Waals surface area contributed by atoms with E-state index in [1.165, 1.54) is 13.0 Å². The van der Waals surface area contributed by atoms with Crippen LogP contribution >= 0.6 is 27.5 Å². The van der Waals surface area contributed by atoms with Gasteiger partial charge in [0, 0.05) is 38.9 Å². The summed E-state index contributed by atoms with van der Waals surface area (Å²) in [6.07, 6.45) is 2.95. The van der Waals surface area contributed by atoms with Gasteiger partial charge in [0.05, 0.1) is 22.7 Å². The van der Waals surface area contributed by atoms with Crippen LogP contribution in [0.2, 0.25) is 5.02 Å². The number of hydrogen-bond acceptors (Lipinski definition) is 4. The number of hydrogen-bond donors (Lipinski definition) is 0. The normalized spacial score (nSPS) is 24.3. The molecule has 6 heteroatoms. The van der Waals surface area contributed by atoms with Crippen LogP contribution in [0.3, 0.4) is 0 Å². The summed E-state index contributed by atoms with van der Waals surface area (Å²) in [6, 6.07) is 1.92. The van der Waals surface area contributed by atoms with E-state index in [0.29, 0.717) is 5.02 Å². The van der Waals surface area contributed by atoms with Gasteiger partial charge in [0.15, 0.2) is 0 Å². The van der Waals surface area contributed by atoms with E-state index in [4.69, 9.17) is 16.3 Å². The molecule has 3 heterocycles. The van der Waals surface area contributed by atoms with Crippen LogP contribution in [0.25, 0.3) is 0 Å². The Hall–Kier alpha value is -0.360. The molecule has 0 aliphatic carbocycles. The van der Waals surface area contributed by atoms with Gasteiger partial charge in [-0.15, -0.1) is 0 Å². The van der Waals surface area contributed by atoms with Crippen molar-refractivity contribution in [1.29, 1.82) is 0 Å². The van der Waals surface area contributed by atoms with E-state index in [1.54, 1.807) is 6.20 Å². The van der Waals surface area contributed by atoms with Gasteiger partial charge < -0.3 is 9.64 Å². The van der Waals surface area contributed by atoms with Crippen molar-refractivity contribution in [2.24, 2.45) is 5.92 Å². The third-order valence-corrected chi connectivity index (χ3v) is 4.78. The van der Waals surface area contributed by atoms with Crippen molar-refractivity contribution in [2.45, 2.75) is 6.42 Å². The molecule has 110 valence electrons. The molecule has 0 spiro atoms. The first-order valence-corrected chi connectivity index (χ1v) is 8.25. The molecule has 2 aliphatic rings. The lowest BCUT2D eigenvalue weighted by Crippen LogP contribution is -2.39. The van der Waals surface area contributed by atoms with Gasteiger partial charge in [-0.3, -0.25) is 4.90 Å². The summed E-state index contributed by atoms with van der Waals surface area (Å²) in [5.41, 5.74) is 0. The molecule has 0 saturated carbocycles. The van der Waals surface area contributed by atoms with Crippen molar-refractivity contribution < 1.29 is 4.74 Å². The van der Waals surface area contributed by atoms with Crippen LogP contribution in [-0.4, -0.2) is 55.8 Å². The number of pyridine rings is 1. The van der Waals surface area contributed by atoms with E-state index in [9.17, 15) is 0 Å². The van der Waals surface area contributed by atoms with E-state index in [-0.39, 0.29) is 0 Å². The zero-order valence-electron chi connectivity index (χ0n) is 11.4. The molecule has 0 radical (unpaired) electrons. The van der Waals surface area contributed by atoms with Crippen molar-refractivity contribution in [3.63, 3.8) is 0 Å². The highest BCUT2D eigenvalue weighted by Gasteiger charge is 2.27. The molecule has 1 aromatic rings. The fourth-order valence-electron chi connectivity index (χ4n) is 2.96. The van der Waals surface area contributed by atoms with Crippen LogP contribution < -0.4 is 4.90 Å². The van der Waals surface area contributed by atoms with E-state index in [2.05, 4.69) is 30.7 Å². The Bertz CT molecular complexity index is 468. The lowest BCUT2D eigenvalue weighted by atomic mass is 10.1. The first kappa shape index (κ1) is 14.6. The fourth-order valence-corrected chi connectivity index (χ4v) is 3.85. The Balaban J connectivity index is 1.58. The average Bonchev–Trinajstić information content (AvgIpc) is 2.88. The molecule has 2 saturated heterocycles. The van der Waals surface area contributed by atoms with Crippen molar-refractivity contribution in [3.8, 4) is 0 Å². The standard InChI is InChI=1S/C14H19BrClN3O/c15-13-7-12(16)8-17-14(13)19-2-1-11(10-19)9-18-3-5-20-6-4-18/h7-8,11H,1-6,9-10H2/t11-/m1/s1. The van der Waals surface area contributed by atoms with Gasteiger partial charge in [-0.1, -0.05) is 11.6 Å². The predicted octanol–water partition coefficient (Wildman–Crippen LogP) is 2.66. The Labute approximate surface area is 133 Å². The van der Waals surface area contributed by atoms with Gasteiger partial charge in [-0.25, -0.2) is 4.98 Å². The molecular formula is C14H19BrClN3O. The van der Waals surface area contributed by atoms with Crippen LogP contribution in [0, 0.1) is 5.92 Å². The minimum Gasteiger partial charge on any atom is -0.379 e. The maximum absolute atomic E-state index is 5.95. The highest BCUT2D eigenvalue weighted by Crippen LogP contribution is 2.30. The second-order valence-electron chi connectivity index (χ2n) is 5.47. The van der Waals surface area contributed by atoms with Crippen molar-refractivity contribution in [2.75, 3.05) is 50.8 Å². The number of nitrogens with zero attached hydrogens (tertiary/aromatic N) is 3. The third-order valence-electron chi connectivity index (χ3n) is 3.99. The lowest BCUT2D eigenvalue weighted by molar-refractivity contribution is 0.0320. The second kappa shape index (κ2) is 6.60. The highest BCUT2D eigenvalue weighted by molar-refractivity contribution is 9.10. The number of aromatic nitrogens is 1. The van der Waals surface area contributed by atoms with Crippen LogP contribution in [0.5, 0.6) is 0 Å². The Morgan fingerprint density at radius 2 is 2.15 bits per heavy atom. The van der Waals surface area contributed by atoms with E-state index in [0.717, 1.165) is 55.6 Å². The largest absolute Gasteiger partial charge is 0.379 e. The van der Waals surface area contributed by atoms with Gasteiger partial charge in [-0.2, -0.15) is 0 Å². The molecular weight excluding hydrogens is 342 g/mol. The number of morpholine rings is 1. The zero-order chi connectivity index (χ0) is 13.9.